The standard InChI is InChI=1S/C16H29N7O5/c17-13(24)9-20-1-3-21(10-14(18)25)5-7-23(12-16(27)28)8-6-22(4-2-20)11-15(19)26/h5,7H,1-4,6,8-12H2,(H2,17,24)(H2,18,25)(H2,19,26)(H,27,28)/b7-5-. The molecule has 1 aliphatic heterocycles. The Balaban J connectivity index is 3.00. The molecule has 0 fully saturated rings. The van der Waals surface area contributed by atoms with Crippen LogP contribution in [0.15, 0.2) is 12.4 Å². The van der Waals surface area contributed by atoms with Crippen LogP contribution in [-0.4, -0.2) is 114 Å². The van der Waals surface area contributed by atoms with E-state index < -0.39 is 23.7 Å². The molecule has 1 heterocycles. The average Bonchev–Trinajstić information content (AvgIpc) is 2.55. The van der Waals surface area contributed by atoms with Gasteiger partial charge in [-0.15, -0.1) is 0 Å². The van der Waals surface area contributed by atoms with Crippen LogP contribution in [0.25, 0.3) is 0 Å². The lowest BCUT2D eigenvalue weighted by Gasteiger charge is -2.31. The van der Waals surface area contributed by atoms with Crippen molar-refractivity contribution in [2.75, 3.05) is 65.4 Å². The second kappa shape index (κ2) is 11.8. The number of carboxylic acid groups (broad SMARTS) is 1. The third kappa shape index (κ3) is 10.3. The minimum absolute atomic E-state index is 0.0167. The molecular formula is C16H29N7O5. The van der Waals surface area contributed by atoms with Gasteiger partial charge in [-0.1, -0.05) is 0 Å². The number of hydrogen-bond acceptors (Lipinski definition) is 8. The summed E-state index contributed by atoms with van der Waals surface area (Å²) in [5, 5.41) is 9.09. The van der Waals surface area contributed by atoms with Gasteiger partial charge in [0.15, 0.2) is 0 Å². The van der Waals surface area contributed by atoms with Crippen LogP contribution in [0, 0.1) is 0 Å². The number of amides is 3. The lowest BCUT2D eigenvalue weighted by molar-refractivity contribution is -0.137. The Morgan fingerprint density at radius 1 is 0.643 bits per heavy atom. The Hall–Kier alpha value is -2.86. The third-order valence-corrected chi connectivity index (χ3v) is 4.08. The van der Waals surface area contributed by atoms with E-state index >= 15 is 0 Å². The summed E-state index contributed by atoms with van der Waals surface area (Å²) in [6.07, 6.45) is 3.16. The summed E-state index contributed by atoms with van der Waals surface area (Å²) in [7, 11) is 0. The fourth-order valence-corrected chi connectivity index (χ4v) is 2.78. The van der Waals surface area contributed by atoms with Crippen LogP contribution < -0.4 is 17.2 Å². The highest BCUT2D eigenvalue weighted by atomic mass is 16.4. The zero-order valence-electron chi connectivity index (χ0n) is 15.8. The lowest BCUT2D eigenvalue weighted by Crippen LogP contribution is -2.47. The van der Waals surface area contributed by atoms with Gasteiger partial charge in [-0.05, 0) is 0 Å². The van der Waals surface area contributed by atoms with Crippen LogP contribution in [0.4, 0.5) is 0 Å². The van der Waals surface area contributed by atoms with Gasteiger partial charge >= 0.3 is 5.97 Å². The number of carboxylic acids is 1. The quantitative estimate of drug-likeness (QED) is 0.318. The van der Waals surface area contributed by atoms with Crippen molar-refractivity contribution in [1.82, 2.24) is 19.6 Å². The number of carbonyl (C=O) groups excluding carboxylic acids is 3. The summed E-state index contributed by atoms with van der Waals surface area (Å²) in [5.74, 6) is -2.53. The van der Waals surface area contributed by atoms with Crippen molar-refractivity contribution in [3.05, 3.63) is 12.4 Å². The molecule has 1 aliphatic rings. The Morgan fingerprint density at radius 2 is 1.00 bits per heavy atom. The van der Waals surface area contributed by atoms with Gasteiger partial charge in [0.2, 0.25) is 17.7 Å². The Morgan fingerprint density at radius 3 is 1.36 bits per heavy atom. The monoisotopic (exact) mass is 399 g/mol. The van der Waals surface area contributed by atoms with E-state index in [1.54, 1.807) is 27.1 Å². The van der Waals surface area contributed by atoms with Gasteiger partial charge in [-0.25, -0.2) is 0 Å². The van der Waals surface area contributed by atoms with Crippen LogP contribution in [0.3, 0.4) is 0 Å². The summed E-state index contributed by atoms with van der Waals surface area (Å²) in [4.78, 5) is 51.9. The van der Waals surface area contributed by atoms with Crippen molar-refractivity contribution >= 4 is 23.7 Å². The van der Waals surface area contributed by atoms with Gasteiger partial charge < -0.3 is 32.1 Å². The van der Waals surface area contributed by atoms with Crippen molar-refractivity contribution in [3.63, 3.8) is 0 Å². The molecule has 12 heteroatoms. The van der Waals surface area contributed by atoms with Gasteiger partial charge in [0.1, 0.15) is 6.54 Å². The predicted octanol–water partition coefficient (Wildman–Crippen LogP) is -3.78. The molecule has 0 aromatic rings. The minimum atomic E-state index is -1.01. The first-order valence-corrected chi connectivity index (χ1v) is 8.83. The van der Waals surface area contributed by atoms with E-state index in [0.717, 1.165) is 0 Å². The molecule has 3 amide bonds. The molecule has 0 saturated heterocycles. The van der Waals surface area contributed by atoms with E-state index in [2.05, 4.69) is 0 Å². The molecule has 0 atom stereocenters. The molecule has 7 N–H and O–H groups in total. The zero-order valence-corrected chi connectivity index (χ0v) is 15.8. The van der Waals surface area contributed by atoms with Crippen LogP contribution >= 0.6 is 0 Å². The maximum atomic E-state index is 11.3. The van der Waals surface area contributed by atoms with Crippen molar-refractivity contribution in [2.45, 2.75) is 0 Å². The first-order chi connectivity index (χ1) is 13.2. The van der Waals surface area contributed by atoms with Crippen LogP contribution in [0.5, 0.6) is 0 Å². The van der Waals surface area contributed by atoms with Gasteiger partial charge in [-0.2, -0.15) is 0 Å². The molecule has 0 aromatic carbocycles. The smallest absolute Gasteiger partial charge is 0.323 e. The number of hydrogen-bond donors (Lipinski definition) is 4. The van der Waals surface area contributed by atoms with Gasteiger partial charge in [0, 0.05) is 51.7 Å². The van der Waals surface area contributed by atoms with Crippen LogP contribution in [0.1, 0.15) is 0 Å². The summed E-state index contributed by atoms with van der Waals surface area (Å²) in [6, 6.07) is 0. The fraction of sp³-hybridized carbons (Fsp3) is 0.625. The Bertz CT molecular complexity index is 548. The number of nitrogens with zero attached hydrogens (tertiary/aromatic N) is 4. The molecule has 0 bridgehead atoms. The molecule has 0 radical (unpaired) electrons. The summed E-state index contributed by atoms with van der Waals surface area (Å²) in [5.41, 5.74) is 15.9. The molecule has 28 heavy (non-hydrogen) atoms. The normalized spacial score (nSPS) is 18.7. The highest BCUT2D eigenvalue weighted by molar-refractivity contribution is 5.76. The maximum Gasteiger partial charge on any atom is 0.323 e. The Kier molecular flexibility index (Phi) is 9.74. The molecular weight excluding hydrogens is 370 g/mol. The largest absolute Gasteiger partial charge is 0.480 e. The van der Waals surface area contributed by atoms with E-state index in [4.69, 9.17) is 22.3 Å². The van der Waals surface area contributed by atoms with Crippen LogP contribution in [-0.2, 0) is 19.2 Å². The highest BCUT2D eigenvalue weighted by Gasteiger charge is 2.17. The number of rotatable bonds is 8. The second-order valence-corrected chi connectivity index (χ2v) is 6.58. The molecule has 0 spiro atoms. The van der Waals surface area contributed by atoms with E-state index in [0.29, 0.717) is 39.3 Å². The molecule has 0 saturated carbocycles. The number of primary amides is 3. The third-order valence-electron chi connectivity index (χ3n) is 4.08. The summed E-state index contributed by atoms with van der Waals surface area (Å²) in [6.45, 7) is 2.17. The fourth-order valence-electron chi connectivity index (χ4n) is 2.78. The summed E-state index contributed by atoms with van der Waals surface area (Å²) >= 11 is 0. The maximum absolute atomic E-state index is 11.3. The first kappa shape index (κ1) is 23.2. The van der Waals surface area contributed by atoms with Gasteiger partial charge in [0.25, 0.3) is 0 Å². The minimum Gasteiger partial charge on any atom is -0.480 e. The van der Waals surface area contributed by atoms with Crippen molar-refractivity contribution in [1.29, 1.82) is 0 Å². The lowest BCUT2D eigenvalue weighted by atomic mass is 10.3. The topological polar surface area (TPSA) is 180 Å². The highest BCUT2D eigenvalue weighted by Crippen LogP contribution is 2.01. The molecule has 12 nitrogen and oxygen atoms in total. The van der Waals surface area contributed by atoms with E-state index in [1.807, 2.05) is 4.90 Å². The molecule has 0 aliphatic carbocycles. The average molecular weight is 399 g/mol. The number of carbonyl (C=O) groups is 4. The molecule has 158 valence electrons. The molecule has 0 aromatic heterocycles. The van der Waals surface area contributed by atoms with E-state index in [-0.39, 0.29) is 26.2 Å². The van der Waals surface area contributed by atoms with E-state index in [9.17, 15) is 19.2 Å². The molecule has 1 rings (SSSR count). The first-order valence-electron chi connectivity index (χ1n) is 8.83. The number of nitrogens with two attached hydrogens (primary N) is 3. The zero-order chi connectivity index (χ0) is 21.1. The molecule has 0 unspecified atom stereocenters. The van der Waals surface area contributed by atoms with Crippen molar-refractivity contribution in [2.24, 2.45) is 17.2 Å². The van der Waals surface area contributed by atoms with Gasteiger partial charge in [-0.3, -0.25) is 29.0 Å². The predicted molar refractivity (Wildman–Crippen MR) is 100 cm³/mol. The van der Waals surface area contributed by atoms with Crippen molar-refractivity contribution < 1.29 is 24.3 Å². The Labute approximate surface area is 163 Å². The summed E-state index contributed by atoms with van der Waals surface area (Å²) < 4.78 is 0. The SMILES string of the molecule is NC(=O)CN1/C=C\N(CC(=O)O)CCN(CC(N)=O)CCN(CC(N)=O)CC1. The van der Waals surface area contributed by atoms with Crippen molar-refractivity contribution in [3.8, 4) is 0 Å². The van der Waals surface area contributed by atoms with E-state index in [1.165, 1.54) is 0 Å². The van der Waals surface area contributed by atoms with Crippen LogP contribution in [0.2, 0.25) is 0 Å². The second-order valence-electron chi connectivity index (χ2n) is 6.58. The number of aliphatic carboxylic acids is 1. The van der Waals surface area contributed by atoms with Gasteiger partial charge in [0.05, 0.1) is 19.6 Å².